The molecule has 0 radical (unpaired) electrons. The summed E-state index contributed by atoms with van der Waals surface area (Å²) in [5.74, 6) is -0.406. The summed E-state index contributed by atoms with van der Waals surface area (Å²) in [6.07, 6.45) is 2.11. The van der Waals surface area contributed by atoms with Gasteiger partial charge in [0, 0.05) is 0 Å². The van der Waals surface area contributed by atoms with Crippen LogP contribution in [0.15, 0.2) is 48.5 Å². The molecule has 3 amide bonds. The first kappa shape index (κ1) is 22.5. The highest BCUT2D eigenvalue weighted by molar-refractivity contribution is 6.08. The maximum atomic E-state index is 13.2. The maximum absolute atomic E-state index is 13.2. The number of hydrogen-bond donors (Lipinski definition) is 1. The van der Waals surface area contributed by atoms with E-state index in [1.807, 2.05) is 12.1 Å². The predicted molar refractivity (Wildman–Crippen MR) is 122 cm³/mol. The van der Waals surface area contributed by atoms with E-state index in [4.69, 9.17) is 10.00 Å². The van der Waals surface area contributed by atoms with Crippen LogP contribution < -0.4 is 10.1 Å². The molecule has 1 heterocycles. The fraction of sp³-hybridized carbons (Fsp3) is 0.385. The third-order valence-corrected chi connectivity index (χ3v) is 6.34. The van der Waals surface area contributed by atoms with Crippen molar-refractivity contribution in [2.75, 3.05) is 6.54 Å². The molecular weight excluding hydrogens is 418 g/mol. The number of amides is 3. The first-order valence-corrected chi connectivity index (χ1v) is 11.1. The Morgan fingerprint density at radius 1 is 1.09 bits per heavy atom. The lowest BCUT2D eigenvalue weighted by molar-refractivity contribution is -0.142. The molecule has 170 valence electrons. The Kier molecular flexibility index (Phi) is 5.71. The number of benzene rings is 2. The highest BCUT2D eigenvalue weighted by atomic mass is 16.5. The van der Waals surface area contributed by atoms with E-state index in [1.54, 1.807) is 36.4 Å². The van der Waals surface area contributed by atoms with E-state index < -0.39 is 24.1 Å². The SMILES string of the molecule is C[C@H]1CC(C)(C)C[C@]2(C1)NC(=O)N(CC(=O)Oc1ccc(-c3ccc(C#N)cc3)cc1)C2=O. The molecule has 1 saturated carbocycles. The van der Waals surface area contributed by atoms with Gasteiger partial charge in [-0.05, 0) is 66.0 Å². The average Bonchev–Trinajstić information content (AvgIpc) is 2.96. The third-order valence-electron chi connectivity index (χ3n) is 6.34. The molecule has 0 bridgehead atoms. The molecule has 7 heteroatoms. The molecule has 2 aromatic carbocycles. The largest absolute Gasteiger partial charge is 0.425 e. The van der Waals surface area contributed by atoms with Gasteiger partial charge < -0.3 is 10.1 Å². The highest BCUT2D eigenvalue weighted by Crippen LogP contribution is 2.46. The zero-order valence-corrected chi connectivity index (χ0v) is 19.1. The highest BCUT2D eigenvalue weighted by Gasteiger charge is 2.56. The van der Waals surface area contributed by atoms with Crippen LogP contribution in [0.4, 0.5) is 4.79 Å². The summed E-state index contributed by atoms with van der Waals surface area (Å²) >= 11 is 0. The number of esters is 1. The number of carbonyl (C=O) groups is 3. The van der Waals surface area contributed by atoms with E-state index >= 15 is 0 Å². The molecule has 4 rings (SSSR count). The van der Waals surface area contributed by atoms with Gasteiger partial charge in [-0.25, -0.2) is 9.59 Å². The topological polar surface area (TPSA) is 99.5 Å². The van der Waals surface area contributed by atoms with Crippen molar-refractivity contribution in [2.45, 2.75) is 45.6 Å². The number of nitrogens with one attached hydrogen (secondary N) is 1. The smallest absolute Gasteiger partial charge is 0.331 e. The number of urea groups is 1. The molecular formula is C26H27N3O4. The monoisotopic (exact) mass is 445 g/mol. The second kappa shape index (κ2) is 8.36. The summed E-state index contributed by atoms with van der Waals surface area (Å²) in [5, 5.41) is 11.8. The second-order valence-corrected chi connectivity index (χ2v) is 9.95. The summed E-state index contributed by atoms with van der Waals surface area (Å²) in [4.78, 5) is 39.2. The van der Waals surface area contributed by atoms with E-state index in [1.165, 1.54) is 0 Å². The van der Waals surface area contributed by atoms with Crippen molar-refractivity contribution < 1.29 is 19.1 Å². The van der Waals surface area contributed by atoms with Crippen LogP contribution in [-0.2, 0) is 9.59 Å². The van der Waals surface area contributed by atoms with Crippen molar-refractivity contribution >= 4 is 17.9 Å². The van der Waals surface area contributed by atoms with Crippen LogP contribution in [0.1, 0.15) is 45.6 Å². The first-order valence-electron chi connectivity index (χ1n) is 11.1. The van der Waals surface area contributed by atoms with Crippen LogP contribution in [0.25, 0.3) is 11.1 Å². The number of rotatable bonds is 4. The van der Waals surface area contributed by atoms with Crippen molar-refractivity contribution in [3.05, 3.63) is 54.1 Å². The zero-order valence-electron chi connectivity index (χ0n) is 19.1. The average molecular weight is 446 g/mol. The minimum absolute atomic E-state index is 0.0756. The molecule has 2 atom stereocenters. The van der Waals surface area contributed by atoms with E-state index in [2.05, 4.69) is 32.2 Å². The Balaban J connectivity index is 1.41. The minimum Gasteiger partial charge on any atom is -0.425 e. The molecule has 0 aromatic heterocycles. The fourth-order valence-corrected chi connectivity index (χ4v) is 5.40. The third kappa shape index (κ3) is 4.61. The van der Waals surface area contributed by atoms with Gasteiger partial charge in [0.1, 0.15) is 17.8 Å². The van der Waals surface area contributed by atoms with Crippen molar-refractivity contribution in [1.29, 1.82) is 5.26 Å². The van der Waals surface area contributed by atoms with E-state index in [9.17, 15) is 14.4 Å². The van der Waals surface area contributed by atoms with Crippen LogP contribution >= 0.6 is 0 Å². The zero-order chi connectivity index (χ0) is 23.8. The Morgan fingerprint density at radius 3 is 2.27 bits per heavy atom. The normalized spacial score (nSPS) is 23.8. The lowest BCUT2D eigenvalue weighted by atomic mass is 9.64. The van der Waals surface area contributed by atoms with Crippen LogP contribution in [-0.4, -0.2) is 34.9 Å². The van der Waals surface area contributed by atoms with E-state index in [-0.39, 0.29) is 11.3 Å². The summed E-state index contributed by atoms with van der Waals surface area (Å²) in [5.41, 5.74) is 1.40. The van der Waals surface area contributed by atoms with Gasteiger partial charge in [0.25, 0.3) is 5.91 Å². The summed E-state index contributed by atoms with van der Waals surface area (Å²) in [7, 11) is 0. The van der Waals surface area contributed by atoms with Crippen molar-refractivity contribution in [3.63, 3.8) is 0 Å². The van der Waals surface area contributed by atoms with Crippen LogP contribution in [0, 0.1) is 22.7 Å². The van der Waals surface area contributed by atoms with Gasteiger partial charge in [0.2, 0.25) is 0 Å². The molecule has 33 heavy (non-hydrogen) atoms. The van der Waals surface area contributed by atoms with Gasteiger partial charge in [0.15, 0.2) is 0 Å². The lowest BCUT2D eigenvalue weighted by Crippen LogP contribution is -2.54. The summed E-state index contributed by atoms with van der Waals surface area (Å²) in [6.45, 7) is 5.85. The van der Waals surface area contributed by atoms with Crippen molar-refractivity contribution in [3.8, 4) is 22.9 Å². The maximum Gasteiger partial charge on any atom is 0.331 e. The molecule has 2 fully saturated rings. The van der Waals surface area contributed by atoms with Crippen LogP contribution in [0.5, 0.6) is 5.75 Å². The quantitative estimate of drug-likeness (QED) is 0.430. The van der Waals surface area contributed by atoms with Gasteiger partial charge in [0.05, 0.1) is 11.6 Å². The first-order chi connectivity index (χ1) is 15.6. The molecule has 1 saturated heterocycles. The molecule has 2 aromatic rings. The Hall–Kier alpha value is -3.66. The standard InChI is InChI=1S/C26H27N3O4/c1-17-12-25(2,3)16-26(13-17)23(31)29(24(32)28-26)15-22(30)33-21-10-8-20(9-11-21)19-6-4-18(14-27)5-7-19/h4-11,17H,12-13,15-16H2,1-3H3,(H,28,32)/t17-,26-/m0/s1. The lowest BCUT2D eigenvalue weighted by Gasteiger charge is -2.43. The number of hydrogen-bond acceptors (Lipinski definition) is 5. The molecule has 2 aliphatic rings. The van der Waals surface area contributed by atoms with E-state index in [0.29, 0.717) is 30.1 Å². The number of ether oxygens (including phenoxy) is 1. The molecule has 7 nitrogen and oxygen atoms in total. The number of imide groups is 1. The van der Waals surface area contributed by atoms with Gasteiger partial charge in [-0.2, -0.15) is 5.26 Å². The number of nitrogens with zero attached hydrogens (tertiary/aromatic N) is 2. The Bertz CT molecular complexity index is 1130. The number of carbonyl (C=O) groups excluding carboxylic acids is 3. The molecule has 1 N–H and O–H groups in total. The van der Waals surface area contributed by atoms with Crippen LogP contribution in [0.2, 0.25) is 0 Å². The summed E-state index contributed by atoms with van der Waals surface area (Å²) in [6, 6.07) is 15.6. The molecule has 1 aliphatic carbocycles. The van der Waals surface area contributed by atoms with Gasteiger partial charge in [-0.15, -0.1) is 0 Å². The Morgan fingerprint density at radius 2 is 1.70 bits per heavy atom. The molecule has 1 spiro atoms. The number of nitriles is 1. The summed E-state index contributed by atoms with van der Waals surface area (Å²) < 4.78 is 5.38. The van der Waals surface area contributed by atoms with E-state index in [0.717, 1.165) is 22.4 Å². The van der Waals surface area contributed by atoms with Gasteiger partial charge >= 0.3 is 12.0 Å². The van der Waals surface area contributed by atoms with Crippen molar-refractivity contribution in [2.24, 2.45) is 11.3 Å². The fourth-order valence-electron chi connectivity index (χ4n) is 5.40. The van der Waals surface area contributed by atoms with Crippen molar-refractivity contribution in [1.82, 2.24) is 10.2 Å². The van der Waals surface area contributed by atoms with Gasteiger partial charge in [-0.1, -0.05) is 45.0 Å². The molecule has 1 aliphatic heterocycles. The van der Waals surface area contributed by atoms with Crippen LogP contribution in [0.3, 0.4) is 0 Å². The molecule has 0 unspecified atom stereocenters. The minimum atomic E-state index is -0.943. The Labute approximate surface area is 193 Å². The predicted octanol–water partition coefficient (Wildman–Crippen LogP) is 4.27. The van der Waals surface area contributed by atoms with Gasteiger partial charge in [-0.3, -0.25) is 9.69 Å². The second-order valence-electron chi connectivity index (χ2n) is 9.95.